The molecule has 1 N–H and O–H groups in total. The molecule has 2 rings (SSSR count). The molecule has 1 atom stereocenters. The van der Waals surface area contributed by atoms with Gasteiger partial charge in [-0.1, -0.05) is 11.6 Å². The van der Waals surface area contributed by atoms with Crippen molar-refractivity contribution in [3.63, 3.8) is 0 Å². The van der Waals surface area contributed by atoms with Gasteiger partial charge in [-0.05, 0) is 25.1 Å². The van der Waals surface area contributed by atoms with Gasteiger partial charge in [-0.15, -0.1) is 0 Å². The van der Waals surface area contributed by atoms with Gasteiger partial charge in [-0.3, -0.25) is 14.9 Å². The monoisotopic (exact) mass is 327 g/mol. The fraction of sp³-hybridized carbons (Fsp3) is 0.250. The standard InChI is InChI=1S/C12H10ClN3O4S/c1-7-12(18)15-11(17)6-16(7)21(19,20)9-3-2-8(5-14)10(13)4-9/h2-4,7H,6H2,1H3,(H,15,17,18). The maximum Gasteiger partial charge on any atom is 0.244 e. The van der Waals surface area contributed by atoms with E-state index in [2.05, 4.69) is 5.32 Å². The van der Waals surface area contributed by atoms with Crippen LogP contribution in [0.2, 0.25) is 5.02 Å². The van der Waals surface area contributed by atoms with E-state index in [1.54, 1.807) is 0 Å². The number of carbonyl (C=O) groups is 2. The number of imide groups is 1. The molecule has 0 aliphatic carbocycles. The van der Waals surface area contributed by atoms with Crippen LogP contribution in [-0.4, -0.2) is 37.1 Å². The number of nitrogens with one attached hydrogen (secondary N) is 1. The highest BCUT2D eigenvalue weighted by Crippen LogP contribution is 2.24. The number of nitriles is 1. The van der Waals surface area contributed by atoms with Crippen LogP contribution in [0.25, 0.3) is 0 Å². The fourth-order valence-corrected chi connectivity index (χ4v) is 3.73. The SMILES string of the molecule is CC1C(=O)NC(=O)CN1S(=O)(=O)c1ccc(C#N)c(Cl)c1. The third kappa shape index (κ3) is 2.76. The van der Waals surface area contributed by atoms with E-state index in [-0.39, 0.29) is 15.5 Å². The van der Waals surface area contributed by atoms with Crippen molar-refractivity contribution < 1.29 is 18.0 Å². The van der Waals surface area contributed by atoms with E-state index < -0.39 is 34.4 Å². The molecular formula is C12H10ClN3O4S. The molecule has 1 heterocycles. The minimum atomic E-state index is -4.07. The third-order valence-corrected chi connectivity index (χ3v) is 5.27. The van der Waals surface area contributed by atoms with Gasteiger partial charge in [0, 0.05) is 0 Å². The number of carbonyl (C=O) groups excluding carboxylic acids is 2. The Morgan fingerprint density at radius 1 is 1.43 bits per heavy atom. The van der Waals surface area contributed by atoms with Crippen LogP contribution < -0.4 is 5.32 Å². The number of sulfonamides is 1. The fourth-order valence-electron chi connectivity index (χ4n) is 1.87. The number of amides is 2. The molecule has 2 amide bonds. The van der Waals surface area contributed by atoms with Crippen molar-refractivity contribution in [2.75, 3.05) is 6.54 Å². The zero-order valence-corrected chi connectivity index (χ0v) is 12.4. The van der Waals surface area contributed by atoms with Crippen LogP contribution in [0.15, 0.2) is 23.1 Å². The maximum atomic E-state index is 12.5. The van der Waals surface area contributed by atoms with E-state index in [1.807, 2.05) is 6.07 Å². The van der Waals surface area contributed by atoms with Gasteiger partial charge in [0.05, 0.1) is 22.0 Å². The molecule has 21 heavy (non-hydrogen) atoms. The summed E-state index contributed by atoms with van der Waals surface area (Å²) in [6.07, 6.45) is 0. The van der Waals surface area contributed by atoms with E-state index in [0.717, 1.165) is 10.4 Å². The van der Waals surface area contributed by atoms with Crippen LogP contribution in [-0.2, 0) is 19.6 Å². The normalized spacial score (nSPS) is 20.0. The highest BCUT2D eigenvalue weighted by atomic mass is 35.5. The topological polar surface area (TPSA) is 107 Å². The van der Waals surface area contributed by atoms with Gasteiger partial charge in [0.1, 0.15) is 12.1 Å². The van der Waals surface area contributed by atoms with Gasteiger partial charge in [-0.2, -0.15) is 9.57 Å². The summed E-state index contributed by atoms with van der Waals surface area (Å²) in [5.41, 5.74) is 0.135. The average molecular weight is 328 g/mol. The Labute approximate surface area is 126 Å². The Kier molecular flexibility index (Phi) is 4.00. The molecular weight excluding hydrogens is 318 g/mol. The number of hydrogen-bond acceptors (Lipinski definition) is 5. The van der Waals surface area contributed by atoms with Gasteiger partial charge in [0.15, 0.2) is 0 Å². The summed E-state index contributed by atoms with van der Waals surface area (Å²) in [5, 5.41) is 10.8. The number of benzene rings is 1. The van der Waals surface area contributed by atoms with E-state index >= 15 is 0 Å². The summed E-state index contributed by atoms with van der Waals surface area (Å²) in [6.45, 7) is 0.928. The van der Waals surface area contributed by atoms with Crippen molar-refractivity contribution >= 4 is 33.4 Å². The lowest BCUT2D eigenvalue weighted by atomic mass is 10.2. The molecule has 0 radical (unpaired) electrons. The molecule has 1 aromatic carbocycles. The van der Waals surface area contributed by atoms with Gasteiger partial charge in [0.25, 0.3) is 0 Å². The predicted molar refractivity (Wildman–Crippen MR) is 72.7 cm³/mol. The van der Waals surface area contributed by atoms with Crippen molar-refractivity contribution in [2.24, 2.45) is 0 Å². The molecule has 1 aromatic rings. The summed E-state index contributed by atoms with van der Waals surface area (Å²) < 4.78 is 25.8. The first-order chi connectivity index (χ1) is 9.77. The van der Waals surface area contributed by atoms with E-state index in [1.165, 1.54) is 19.1 Å². The summed E-state index contributed by atoms with van der Waals surface area (Å²) in [7, 11) is -4.07. The zero-order valence-electron chi connectivity index (χ0n) is 10.8. The molecule has 7 nitrogen and oxygen atoms in total. The molecule has 9 heteroatoms. The van der Waals surface area contributed by atoms with Crippen molar-refractivity contribution in [3.05, 3.63) is 28.8 Å². The molecule has 0 bridgehead atoms. The highest BCUT2D eigenvalue weighted by Gasteiger charge is 2.39. The minimum Gasteiger partial charge on any atom is -0.294 e. The van der Waals surface area contributed by atoms with Crippen molar-refractivity contribution in [1.82, 2.24) is 9.62 Å². The second kappa shape index (κ2) is 5.44. The van der Waals surface area contributed by atoms with Crippen molar-refractivity contribution in [2.45, 2.75) is 17.9 Å². The minimum absolute atomic E-state index is 0.0148. The van der Waals surface area contributed by atoms with Crippen LogP contribution in [0.4, 0.5) is 0 Å². The van der Waals surface area contributed by atoms with E-state index in [9.17, 15) is 18.0 Å². The molecule has 1 aliphatic rings. The first-order valence-corrected chi connectivity index (χ1v) is 7.64. The molecule has 0 spiro atoms. The predicted octanol–water partition coefficient (Wildman–Crippen LogP) is 0.247. The first kappa shape index (κ1) is 15.4. The lowest BCUT2D eigenvalue weighted by molar-refractivity contribution is -0.136. The van der Waals surface area contributed by atoms with E-state index in [0.29, 0.717) is 0 Å². The Balaban J connectivity index is 2.47. The molecule has 110 valence electrons. The van der Waals surface area contributed by atoms with Gasteiger partial charge in [-0.25, -0.2) is 8.42 Å². The van der Waals surface area contributed by atoms with Crippen LogP contribution in [0.3, 0.4) is 0 Å². The quantitative estimate of drug-likeness (QED) is 0.783. The largest absolute Gasteiger partial charge is 0.294 e. The number of hydrogen-bond donors (Lipinski definition) is 1. The van der Waals surface area contributed by atoms with Crippen molar-refractivity contribution in [1.29, 1.82) is 5.26 Å². The summed E-state index contributed by atoms with van der Waals surface area (Å²) in [6, 6.07) is 4.41. The van der Waals surface area contributed by atoms with Gasteiger partial charge in [0.2, 0.25) is 21.8 Å². The number of nitrogens with zero attached hydrogens (tertiary/aromatic N) is 2. The second-order valence-corrected chi connectivity index (χ2v) is 6.69. The lowest BCUT2D eigenvalue weighted by Crippen LogP contribution is -2.58. The first-order valence-electron chi connectivity index (χ1n) is 5.82. The van der Waals surface area contributed by atoms with Crippen molar-refractivity contribution in [3.8, 4) is 6.07 Å². The summed E-state index contributed by atoms with van der Waals surface area (Å²) >= 11 is 5.82. The average Bonchev–Trinajstić information content (AvgIpc) is 2.42. The molecule has 0 saturated carbocycles. The molecule has 1 fully saturated rings. The summed E-state index contributed by atoms with van der Waals surface area (Å²) in [5.74, 6) is -1.38. The summed E-state index contributed by atoms with van der Waals surface area (Å²) in [4.78, 5) is 22.7. The highest BCUT2D eigenvalue weighted by molar-refractivity contribution is 7.89. The third-order valence-electron chi connectivity index (χ3n) is 3.04. The Hall–Kier alpha value is -1.95. The Bertz CT molecular complexity index is 769. The molecule has 1 unspecified atom stereocenters. The Morgan fingerprint density at radius 2 is 2.10 bits per heavy atom. The van der Waals surface area contributed by atoms with Crippen LogP contribution in [0.5, 0.6) is 0 Å². The van der Waals surface area contributed by atoms with Crippen LogP contribution in [0, 0.1) is 11.3 Å². The van der Waals surface area contributed by atoms with Gasteiger partial charge >= 0.3 is 0 Å². The number of halogens is 1. The van der Waals surface area contributed by atoms with Gasteiger partial charge < -0.3 is 0 Å². The molecule has 1 aliphatic heterocycles. The van der Waals surface area contributed by atoms with Crippen LogP contribution in [0.1, 0.15) is 12.5 Å². The zero-order chi connectivity index (χ0) is 15.8. The smallest absolute Gasteiger partial charge is 0.244 e. The second-order valence-electron chi connectivity index (χ2n) is 4.39. The maximum absolute atomic E-state index is 12.5. The molecule has 1 saturated heterocycles. The Morgan fingerprint density at radius 3 is 2.67 bits per heavy atom. The van der Waals surface area contributed by atoms with Crippen LogP contribution >= 0.6 is 11.6 Å². The number of rotatable bonds is 2. The van der Waals surface area contributed by atoms with E-state index in [4.69, 9.17) is 16.9 Å². The lowest BCUT2D eigenvalue weighted by Gasteiger charge is -2.30. The molecule has 0 aromatic heterocycles. The number of piperazine rings is 1.